The van der Waals surface area contributed by atoms with Crippen LogP contribution in [0.15, 0.2) is 328 Å². The van der Waals surface area contributed by atoms with Gasteiger partial charge in [0.15, 0.2) is 0 Å². The summed E-state index contributed by atoms with van der Waals surface area (Å²) < 4.78 is 4.86. The van der Waals surface area contributed by atoms with E-state index in [2.05, 4.69) is 450 Å². The van der Waals surface area contributed by atoms with E-state index >= 15 is 0 Å². The van der Waals surface area contributed by atoms with E-state index in [1.54, 1.807) is 0 Å². The third kappa shape index (κ3) is 12.7. The minimum Gasteiger partial charge on any atom is -0.311 e. The van der Waals surface area contributed by atoms with Gasteiger partial charge in [-0.15, -0.1) is 0 Å². The highest BCUT2D eigenvalue weighted by atomic mass is 15.2. The molecule has 19 rings (SSSR count). The van der Waals surface area contributed by atoms with E-state index in [1.165, 1.54) is 105 Å². The lowest BCUT2D eigenvalue weighted by molar-refractivity contribution is 0.568. The fraction of sp³-hybridized carbons (Fsp3) is 0.182. The lowest BCUT2D eigenvalue weighted by atomic mass is 9.33. The maximum Gasteiger partial charge on any atom is 0.252 e. The van der Waals surface area contributed by atoms with Gasteiger partial charge >= 0.3 is 0 Å². The molecule has 5 heteroatoms. The van der Waals surface area contributed by atoms with E-state index in [1.807, 2.05) is 0 Å². The molecular formula is C110H99BN4. The van der Waals surface area contributed by atoms with Crippen molar-refractivity contribution in [3.63, 3.8) is 0 Å². The predicted octanol–water partition coefficient (Wildman–Crippen LogP) is 28.5. The molecule has 0 atom stereocenters. The summed E-state index contributed by atoms with van der Waals surface area (Å²) in [5, 5.41) is 4.85. The maximum atomic E-state index is 2.73. The largest absolute Gasteiger partial charge is 0.311 e. The molecule has 2 aliphatic rings. The van der Waals surface area contributed by atoms with Crippen LogP contribution < -0.4 is 26.2 Å². The molecule has 4 heterocycles. The molecule has 115 heavy (non-hydrogen) atoms. The van der Waals surface area contributed by atoms with Crippen LogP contribution in [0.25, 0.3) is 122 Å². The monoisotopic (exact) mass is 1490 g/mol. The summed E-state index contributed by atoms with van der Waals surface area (Å²) in [5.41, 5.74) is 37.6. The molecule has 17 aromatic rings. The smallest absolute Gasteiger partial charge is 0.252 e. The van der Waals surface area contributed by atoms with Crippen molar-refractivity contribution in [2.75, 3.05) is 9.80 Å². The topological polar surface area (TPSA) is 16.3 Å². The average Bonchev–Trinajstić information content (AvgIpc) is 1.38. The summed E-state index contributed by atoms with van der Waals surface area (Å²) in [6.07, 6.45) is 0. The summed E-state index contributed by atoms with van der Waals surface area (Å²) >= 11 is 0. The zero-order valence-corrected chi connectivity index (χ0v) is 69.0. The fourth-order valence-corrected chi connectivity index (χ4v) is 18.2. The Hall–Kier alpha value is -12.4. The predicted molar refractivity (Wildman–Crippen MR) is 495 cm³/mol. The zero-order valence-electron chi connectivity index (χ0n) is 69.0. The molecule has 0 saturated heterocycles. The number of nitrogens with zero attached hydrogens (tertiary/aromatic N) is 4. The first kappa shape index (κ1) is 72.8. The van der Waals surface area contributed by atoms with E-state index in [4.69, 9.17) is 0 Å². The number of hydrogen-bond donors (Lipinski definition) is 0. The summed E-state index contributed by atoms with van der Waals surface area (Å²) in [7, 11) is 0. The molecular weight excluding hydrogens is 1390 g/mol. The van der Waals surface area contributed by atoms with Crippen molar-refractivity contribution in [1.29, 1.82) is 0 Å². The van der Waals surface area contributed by atoms with Gasteiger partial charge in [-0.05, 0) is 236 Å². The van der Waals surface area contributed by atoms with E-state index in [9.17, 15) is 0 Å². The van der Waals surface area contributed by atoms with Crippen molar-refractivity contribution < 1.29 is 0 Å². The number of fused-ring (bicyclic) bond motifs is 10. The highest BCUT2D eigenvalue weighted by molar-refractivity contribution is 7.00. The molecule has 2 aromatic heterocycles. The van der Waals surface area contributed by atoms with Gasteiger partial charge in [-0.1, -0.05) is 322 Å². The SMILES string of the molecule is CC(C)(C)c1cc(-c2ccc(N3c4cc(-c5cc(C(C)(C)C)cc(C(C)(C)C)c5)ccc4B4c5ccc(-c6ccc7c(c6)c6ccccc6n7-c6ccccc6)cc5N(c5c(-c6ccccc6)cc(C(C)(C)C)cc5-c5ccccc5)c5cc(-c6ccc7c(c6)c6ccccc6n7-c6ccccc6)cc3c54)cc2)cc(C(C)(C)C)c1. The molecule has 0 bridgehead atoms. The normalized spacial score (nSPS) is 13.1. The van der Waals surface area contributed by atoms with E-state index in [-0.39, 0.29) is 33.8 Å². The lowest BCUT2D eigenvalue weighted by Crippen LogP contribution is -2.61. The van der Waals surface area contributed by atoms with Crippen LogP contribution in [0.2, 0.25) is 0 Å². The summed E-state index contributed by atoms with van der Waals surface area (Å²) in [5.74, 6) is 0. The molecule has 0 fully saturated rings. The second-order valence-electron chi connectivity index (χ2n) is 37.5. The Balaban J connectivity index is 0.949. The van der Waals surface area contributed by atoms with Crippen LogP contribution in [-0.4, -0.2) is 15.8 Å². The Kier molecular flexibility index (Phi) is 17.2. The van der Waals surface area contributed by atoms with Crippen molar-refractivity contribution >= 4 is 101 Å². The number of rotatable bonds is 10. The minimum atomic E-state index is -0.229. The second kappa shape index (κ2) is 27.1. The van der Waals surface area contributed by atoms with E-state index in [0.29, 0.717) is 0 Å². The third-order valence-electron chi connectivity index (χ3n) is 24.6. The molecule has 0 unspecified atom stereocenters. The molecule has 2 aliphatic heterocycles. The standard InChI is InChI=1S/C110H99BN4/c1-106(2,3)80-56-77(57-81(66-80)107(4,5)6)70-44-50-87(51-45-70)114-100-63-76(78-58-82(108(7,8)9)67-83(59-78)109(10,11)12)47-53-94(100)111-95-52-46-75(73-48-54-98-92(60-73)88-40-28-30-42-96(88)112(98)85-36-24-18-25-37-85)62-101(95)115(105-90(71-32-20-16-21-33-71)68-84(110(13,14)15)69-91(105)72-34-22-17-23-35-72)103-65-79(64-102(114)104(103)111)74-49-55-99-93(61-74)89-41-29-31-43-97(89)113(99)86-38-26-19-27-39-86/h16-69H,1-15H3. The van der Waals surface area contributed by atoms with Crippen LogP contribution in [0.4, 0.5) is 34.1 Å². The Morgan fingerprint density at radius 3 is 0.957 bits per heavy atom. The van der Waals surface area contributed by atoms with Gasteiger partial charge < -0.3 is 18.9 Å². The van der Waals surface area contributed by atoms with Crippen molar-refractivity contribution in [3.8, 4) is 78.1 Å². The first-order valence-electron chi connectivity index (χ1n) is 41.1. The Morgan fingerprint density at radius 2 is 0.522 bits per heavy atom. The minimum absolute atomic E-state index is 0.0540. The fourth-order valence-electron chi connectivity index (χ4n) is 18.2. The summed E-state index contributed by atoms with van der Waals surface area (Å²) in [6.45, 7) is 35.0. The molecule has 0 amide bonds. The molecule has 0 spiro atoms. The third-order valence-corrected chi connectivity index (χ3v) is 24.6. The molecule has 0 saturated carbocycles. The van der Waals surface area contributed by atoms with Crippen LogP contribution in [0, 0.1) is 0 Å². The zero-order chi connectivity index (χ0) is 79.4. The van der Waals surface area contributed by atoms with Crippen LogP contribution in [0.1, 0.15) is 132 Å². The van der Waals surface area contributed by atoms with Crippen molar-refractivity contribution in [1.82, 2.24) is 9.13 Å². The number of aromatic nitrogens is 2. The quantitative estimate of drug-likeness (QED) is 0.127. The Bertz CT molecular complexity index is 6580. The average molecular weight is 1490 g/mol. The number of benzene rings is 15. The van der Waals surface area contributed by atoms with Crippen molar-refractivity contribution in [3.05, 3.63) is 355 Å². The molecule has 4 nitrogen and oxygen atoms in total. The van der Waals surface area contributed by atoms with Gasteiger partial charge in [0.05, 0.1) is 27.8 Å². The van der Waals surface area contributed by atoms with Crippen LogP contribution in [0.3, 0.4) is 0 Å². The van der Waals surface area contributed by atoms with Gasteiger partial charge in [-0.2, -0.15) is 0 Å². The molecule has 562 valence electrons. The Labute approximate surface area is 679 Å². The van der Waals surface area contributed by atoms with E-state index < -0.39 is 0 Å². The van der Waals surface area contributed by atoms with Crippen LogP contribution in [0.5, 0.6) is 0 Å². The van der Waals surface area contributed by atoms with Crippen LogP contribution >= 0.6 is 0 Å². The lowest BCUT2D eigenvalue weighted by Gasteiger charge is -2.45. The molecule has 15 aromatic carbocycles. The van der Waals surface area contributed by atoms with Gasteiger partial charge in [0.1, 0.15) is 0 Å². The first-order valence-corrected chi connectivity index (χ1v) is 41.1. The Morgan fingerprint density at radius 1 is 0.209 bits per heavy atom. The van der Waals surface area contributed by atoms with E-state index in [0.717, 1.165) is 95.5 Å². The summed E-state index contributed by atoms with van der Waals surface area (Å²) in [6, 6.07) is 126. The first-order chi connectivity index (χ1) is 55.2. The van der Waals surface area contributed by atoms with Crippen LogP contribution in [-0.2, 0) is 27.1 Å². The molecule has 0 N–H and O–H groups in total. The highest BCUT2D eigenvalue weighted by Gasteiger charge is 2.46. The number of anilines is 6. The molecule has 0 radical (unpaired) electrons. The van der Waals surface area contributed by atoms with Gasteiger partial charge in [0.25, 0.3) is 6.71 Å². The number of hydrogen-bond acceptors (Lipinski definition) is 2. The maximum absolute atomic E-state index is 2.73. The van der Waals surface area contributed by atoms with Gasteiger partial charge in [-0.3, -0.25) is 0 Å². The second-order valence-corrected chi connectivity index (χ2v) is 37.5. The van der Waals surface area contributed by atoms with Gasteiger partial charge in [0, 0.05) is 72.5 Å². The summed E-state index contributed by atoms with van der Waals surface area (Å²) in [4.78, 5) is 5.39. The van der Waals surface area contributed by atoms with Gasteiger partial charge in [0.2, 0.25) is 0 Å². The molecule has 0 aliphatic carbocycles. The van der Waals surface area contributed by atoms with Crippen molar-refractivity contribution in [2.24, 2.45) is 0 Å². The van der Waals surface area contributed by atoms with Crippen molar-refractivity contribution in [2.45, 2.75) is 131 Å². The number of para-hydroxylation sites is 4. The van der Waals surface area contributed by atoms with Gasteiger partial charge in [-0.25, -0.2) is 0 Å². The highest BCUT2D eigenvalue weighted by Crippen LogP contribution is 2.54.